The van der Waals surface area contributed by atoms with Gasteiger partial charge >= 0.3 is 0 Å². The molecule has 112 valence electrons. The highest BCUT2D eigenvalue weighted by Crippen LogP contribution is 2.25. The molecule has 2 aromatic rings. The van der Waals surface area contributed by atoms with E-state index in [9.17, 15) is 8.42 Å². The van der Waals surface area contributed by atoms with E-state index in [4.69, 9.17) is 10.8 Å². The van der Waals surface area contributed by atoms with Crippen molar-refractivity contribution in [3.63, 3.8) is 0 Å². The summed E-state index contributed by atoms with van der Waals surface area (Å²) < 4.78 is 27.6. The molecule has 0 aliphatic rings. The Balaban J connectivity index is 2.38. The average Bonchev–Trinajstić information content (AvgIpc) is 2.37. The molecule has 0 atom stereocenters. The standard InChI is InChI=1S/C15H18N2O3S/c1-10-7-13(16)8-11(2)15(10)21(19,20)17-14-5-3-12(9-18)4-6-14/h3-8,17-18H,9,16H2,1-2H3. The first-order chi connectivity index (χ1) is 9.83. The summed E-state index contributed by atoms with van der Waals surface area (Å²) in [6.45, 7) is 3.35. The van der Waals surface area contributed by atoms with Crippen molar-refractivity contribution in [3.8, 4) is 0 Å². The molecule has 0 aliphatic carbocycles. The van der Waals surface area contributed by atoms with Crippen LogP contribution in [0, 0.1) is 13.8 Å². The first-order valence-corrected chi connectivity index (χ1v) is 7.91. The van der Waals surface area contributed by atoms with Crippen LogP contribution in [0.4, 0.5) is 11.4 Å². The highest BCUT2D eigenvalue weighted by Gasteiger charge is 2.20. The Morgan fingerprint density at radius 3 is 2.10 bits per heavy atom. The average molecular weight is 306 g/mol. The zero-order valence-electron chi connectivity index (χ0n) is 11.9. The van der Waals surface area contributed by atoms with Crippen LogP contribution in [0.5, 0.6) is 0 Å². The maximum atomic E-state index is 12.5. The topological polar surface area (TPSA) is 92.4 Å². The number of sulfonamides is 1. The van der Waals surface area contributed by atoms with Crippen LogP contribution in [0.3, 0.4) is 0 Å². The van der Waals surface area contributed by atoms with E-state index in [1.165, 1.54) is 0 Å². The largest absolute Gasteiger partial charge is 0.399 e. The summed E-state index contributed by atoms with van der Waals surface area (Å²) in [6, 6.07) is 9.84. The number of hydrogen-bond donors (Lipinski definition) is 3. The fourth-order valence-corrected chi connectivity index (χ4v) is 3.81. The van der Waals surface area contributed by atoms with Crippen molar-refractivity contribution in [2.45, 2.75) is 25.3 Å². The van der Waals surface area contributed by atoms with Gasteiger partial charge in [-0.05, 0) is 54.8 Å². The van der Waals surface area contributed by atoms with Gasteiger partial charge in [-0.2, -0.15) is 0 Å². The number of aliphatic hydroxyl groups excluding tert-OH is 1. The number of aryl methyl sites for hydroxylation is 2. The normalized spacial score (nSPS) is 11.4. The van der Waals surface area contributed by atoms with Gasteiger partial charge in [0.05, 0.1) is 11.5 Å². The molecule has 0 heterocycles. The third kappa shape index (κ3) is 3.34. The van der Waals surface area contributed by atoms with Crippen LogP contribution in [0.15, 0.2) is 41.3 Å². The second kappa shape index (κ2) is 5.75. The highest BCUT2D eigenvalue weighted by molar-refractivity contribution is 7.92. The van der Waals surface area contributed by atoms with Gasteiger partial charge in [-0.15, -0.1) is 0 Å². The lowest BCUT2D eigenvalue weighted by Gasteiger charge is -2.14. The minimum atomic E-state index is -3.68. The predicted molar refractivity (Wildman–Crippen MR) is 83.5 cm³/mol. The van der Waals surface area contributed by atoms with Crippen LogP contribution in [0.25, 0.3) is 0 Å². The summed E-state index contributed by atoms with van der Waals surface area (Å²) in [5.74, 6) is 0. The third-order valence-corrected chi connectivity index (χ3v) is 4.83. The molecule has 0 saturated carbocycles. The van der Waals surface area contributed by atoms with E-state index in [-0.39, 0.29) is 11.5 Å². The SMILES string of the molecule is Cc1cc(N)cc(C)c1S(=O)(=O)Nc1ccc(CO)cc1. The Morgan fingerprint density at radius 1 is 1.10 bits per heavy atom. The van der Waals surface area contributed by atoms with E-state index < -0.39 is 10.0 Å². The van der Waals surface area contributed by atoms with E-state index >= 15 is 0 Å². The maximum Gasteiger partial charge on any atom is 0.262 e. The highest BCUT2D eigenvalue weighted by atomic mass is 32.2. The fraction of sp³-hybridized carbons (Fsp3) is 0.200. The van der Waals surface area contributed by atoms with Crippen LogP contribution in [-0.4, -0.2) is 13.5 Å². The van der Waals surface area contributed by atoms with Crippen molar-refractivity contribution in [2.24, 2.45) is 0 Å². The summed E-state index contributed by atoms with van der Waals surface area (Å²) in [6.07, 6.45) is 0. The predicted octanol–water partition coefficient (Wildman–Crippen LogP) is 2.18. The number of hydrogen-bond acceptors (Lipinski definition) is 4. The van der Waals surface area contributed by atoms with E-state index in [0.29, 0.717) is 22.5 Å². The van der Waals surface area contributed by atoms with Crippen LogP contribution < -0.4 is 10.5 Å². The van der Waals surface area contributed by atoms with Gasteiger partial charge in [-0.25, -0.2) is 8.42 Å². The van der Waals surface area contributed by atoms with Gasteiger partial charge in [0.1, 0.15) is 0 Å². The molecular weight excluding hydrogens is 288 g/mol. The van der Waals surface area contributed by atoms with Gasteiger partial charge in [-0.1, -0.05) is 12.1 Å². The zero-order chi connectivity index (χ0) is 15.6. The maximum absolute atomic E-state index is 12.5. The molecule has 4 N–H and O–H groups in total. The molecule has 0 aliphatic heterocycles. The zero-order valence-corrected chi connectivity index (χ0v) is 12.7. The number of anilines is 2. The van der Waals surface area contributed by atoms with Gasteiger partial charge in [0.25, 0.3) is 10.0 Å². The van der Waals surface area contributed by atoms with Crippen LogP contribution in [-0.2, 0) is 16.6 Å². The van der Waals surface area contributed by atoms with E-state index in [1.807, 2.05) is 0 Å². The fourth-order valence-electron chi connectivity index (χ4n) is 2.29. The minimum absolute atomic E-state index is 0.0802. The molecule has 0 spiro atoms. The molecule has 21 heavy (non-hydrogen) atoms. The number of nitrogen functional groups attached to an aromatic ring is 1. The monoisotopic (exact) mass is 306 g/mol. The number of rotatable bonds is 4. The van der Waals surface area contributed by atoms with Crippen molar-refractivity contribution in [1.29, 1.82) is 0 Å². The molecule has 0 bridgehead atoms. The van der Waals surface area contributed by atoms with E-state index in [2.05, 4.69) is 4.72 Å². The Morgan fingerprint density at radius 2 is 1.62 bits per heavy atom. The third-order valence-electron chi connectivity index (χ3n) is 3.14. The molecule has 0 amide bonds. The Hall–Kier alpha value is -2.05. The van der Waals surface area contributed by atoms with Crippen molar-refractivity contribution >= 4 is 21.4 Å². The molecule has 0 saturated heterocycles. The molecule has 0 radical (unpaired) electrons. The van der Waals surface area contributed by atoms with Gasteiger partial charge in [0.15, 0.2) is 0 Å². The lowest BCUT2D eigenvalue weighted by molar-refractivity contribution is 0.282. The van der Waals surface area contributed by atoms with Crippen molar-refractivity contribution < 1.29 is 13.5 Å². The van der Waals surface area contributed by atoms with Crippen LogP contribution in [0.1, 0.15) is 16.7 Å². The van der Waals surface area contributed by atoms with E-state index in [0.717, 1.165) is 5.56 Å². The molecule has 5 nitrogen and oxygen atoms in total. The minimum Gasteiger partial charge on any atom is -0.399 e. The smallest absolute Gasteiger partial charge is 0.262 e. The van der Waals surface area contributed by atoms with Crippen LogP contribution in [0.2, 0.25) is 0 Å². The second-order valence-electron chi connectivity index (χ2n) is 4.94. The van der Waals surface area contributed by atoms with Gasteiger partial charge in [0.2, 0.25) is 0 Å². The summed E-state index contributed by atoms with van der Waals surface area (Å²) in [5, 5.41) is 8.99. The second-order valence-corrected chi connectivity index (χ2v) is 6.56. The number of nitrogens with two attached hydrogens (primary N) is 1. The molecule has 2 aromatic carbocycles. The summed E-state index contributed by atoms with van der Waals surface area (Å²) >= 11 is 0. The van der Waals surface area contributed by atoms with Crippen LogP contribution >= 0.6 is 0 Å². The molecule has 0 fully saturated rings. The van der Waals surface area contributed by atoms with Gasteiger partial charge in [-0.3, -0.25) is 4.72 Å². The summed E-state index contributed by atoms with van der Waals surface area (Å²) in [7, 11) is -3.68. The van der Waals surface area contributed by atoms with Crippen molar-refractivity contribution in [2.75, 3.05) is 10.5 Å². The molecule has 6 heteroatoms. The van der Waals surface area contributed by atoms with Crippen molar-refractivity contribution in [3.05, 3.63) is 53.1 Å². The quantitative estimate of drug-likeness (QED) is 0.755. The number of aliphatic hydroxyl groups is 1. The van der Waals surface area contributed by atoms with Gasteiger partial charge in [0, 0.05) is 11.4 Å². The Labute approximate surface area is 124 Å². The Kier molecular flexibility index (Phi) is 4.20. The van der Waals surface area contributed by atoms with Crippen molar-refractivity contribution in [1.82, 2.24) is 0 Å². The van der Waals surface area contributed by atoms with Gasteiger partial charge < -0.3 is 10.8 Å². The Bertz CT molecular complexity index is 730. The summed E-state index contributed by atoms with van der Waals surface area (Å²) in [4.78, 5) is 0.239. The molecule has 0 aromatic heterocycles. The molecular formula is C15H18N2O3S. The number of nitrogens with one attached hydrogen (secondary N) is 1. The lowest BCUT2D eigenvalue weighted by Crippen LogP contribution is -2.16. The van der Waals surface area contributed by atoms with E-state index in [1.54, 1.807) is 50.2 Å². The molecule has 2 rings (SSSR count). The molecule has 0 unspecified atom stereocenters. The first-order valence-electron chi connectivity index (χ1n) is 6.43. The summed E-state index contributed by atoms with van der Waals surface area (Å²) in [5.41, 5.74) is 8.63. The number of benzene rings is 2. The lowest BCUT2D eigenvalue weighted by atomic mass is 10.1. The first kappa shape index (κ1) is 15.3.